The third kappa shape index (κ3) is 2.99. The third-order valence-electron chi connectivity index (χ3n) is 5.34. The molecule has 1 aliphatic carbocycles. The van der Waals surface area contributed by atoms with Crippen molar-refractivity contribution in [1.82, 2.24) is 4.57 Å². The minimum absolute atomic E-state index is 0.0427. The lowest BCUT2D eigenvalue weighted by molar-refractivity contribution is 0.0994. The van der Waals surface area contributed by atoms with Gasteiger partial charge < -0.3 is 15.2 Å². The number of para-hydroxylation sites is 1. The fourth-order valence-electron chi connectivity index (χ4n) is 3.65. The van der Waals surface area contributed by atoms with Gasteiger partial charge in [-0.25, -0.2) is 0 Å². The Kier molecular flexibility index (Phi) is 4.22. The Hall–Kier alpha value is -3.08. The molecule has 0 unspecified atom stereocenters. The summed E-state index contributed by atoms with van der Waals surface area (Å²) >= 11 is 0. The van der Waals surface area contributed by atoms with Crippen LogP contribution in [0.1, 0.15) is 41.6 Å². The number of carbonyl (C=O) groups excluding carboxylic acids is 1. The third-order valence-corrected chi connectivity index (χ3v) is 5.34. The number of aromatic nitrogens is 1. The Morgan fingerprint density at radius 2 is 1.93 bits per heavy atom. The largest absolute Gasteiger partial charge is 0.398 e. The first-order valence-corrected chi connectivity index (χ1v) is 9.31. The molecule has 2 N–H and O–H groups in total. The molecule has 1 fully saturated rings. The zero-order chi connectivity index (χ0) is 19.1. The first-order chi connectivity index (χ1) is 13.0. The van der Waals surface area contributed by atoms with Gasteiger partial charge in [0.15, 0.2) is 0 Å². The van der Waals surface area contributed by atoms with Crippen molar-refractivity contribution in [3.8, 4) is 0 Å². The Bertz CT molecular complexity index is 1100. The molecule has 1 aromatic heterocycles. The van der Waals surface area contributed by atoms with Crippen molar-refractivity contribution in [3.63, 3.8) is 0 Å². The molecule has 0 atom stereocenters. The van der Waals surface area contributed by atoms with E-state index in [-0.39, 0.29) is 11.5 Å². The number of nitrogens with two attached hydrogens (primary N) is 1. The van der Waals surface area contributed by atoms with E-state index in [9.17, 15) is 9.59 Å². The Labute approximate surface area is 158 Å². The van der Waals surface area contributed by atoms with Gasteiger partial charge in [-0.1, -0.05) is 12.1 Å². The van der Waals surface area contributed by atoms with Crippen LogP contribution in [0, 0.1) is 0 Å². The monoisotopic (exact) mass is 361 g/mol. The van der Waals surface area contributed by atoms with Gasteiger partial charge in [0.05, 0.1) is 11.1 Å². The normalized spacial score (nSPS) is 13.7. The lowest BCUT2D eigenvalue weighted by atomic mass is 10.0. The van der Waals surface area contributed by atoms with Gasteiger partial charge in [0.25, 0.3) is 11.5 Å². The van der Waals surface area contributed by atoms with E-state index in [4.69, 9.17) is 5.73 Å². The van der Waals surface area contributed by atoms with Crippen LogP contribution in [0.4, 0.5) is 11.4 Å². The van der Waals surface area contributed by atoms with Gasteiger partial charge in [0.1, 0.15) is 0 Å². The molecule has 1 aliphatic rings. The van der Waals surface area contributed by atoms with Gasteiger partial charge in [0.2, 0.25) is 0 Å². The first kappa shape index (κ1) is 17.3. The van der Waals surface area contributed by atoms with Crippen LogP contribution in [-0.2, 0) is 6.54 Å². The molecule has 5 heteroatoms. The molecule has 0 aliphatic heterocycles. The van der Waals surface area contributed by atoms with Gasteiger partial charge in [-0.3, -0.25) is 9.59 Å². The lowest BCUT2D eigenvalue weighted by Crippen LogP contribution is -2.27. The maximum atomic E-state index is 12.9. The molecule has 0 radical (unpaired) electrons. The zero-order valence-corrected chi connectivity index (χ0v) is 15.6. The van der Waals surface area contributed by atoms with E-state index in [2.05, 4.69) is 0 Å². The molecule has 0 saturated heterocycles. The summed E-state index contributed by atoms with van der Waals surface area (Å²) in [4.78, 5) is 27.0. The number of hydrogen-bond donors (Lipinski definition) is 1. The molecule has 0 spiro atoms. The van der Waals surface area contributed by atoms with Gasteiger partial charge in [-0.05, 0) is 61.6 Å². The summed E-state index contributed by atoms with van der Waals surface area (Å²) in [6.07, 6.45) is 2.23. The van der Waals surface area contributed by atoms with Crippen LogP contribution < -0.4 is 16.2 Å². The zero-order valence-electron chi connectivity index (χ0n) is 15.6. The predicted molar refractivity (Wildman–Crippen MR) is 109 cm³/mol. The van der Waals surface area contributed by atoms with E-state index in [1.54, 1.807) is 34.7 Å². The van der Waals surface area contributed by atoms with Crippen LogP contribution in [-0.4, -0.2) is 17.5 Å². The maximum Gasteiger partial charge on any atom is 0.260 e. The first-order valence-electron chi connectivity index (χ1n) is 9.31. The Balaban J connectivity index is 1.82. The summed E-state index contributed by atoms with van der Waals surface area (Å²) in [5, 5.41) is 1.05. The molecule has 2 aromatic carbocycles. The second-order valence-electron chi connectivity index (χ2n) is 7.11. The molecule has 1 saturated carbocycles. The summed E-state index contributed by atoms with van der Waals surface area (Å²) < 4.78 is 1.78. The smallest absolute Gasteiger partial charge is 0.260 e. The molecule has 3 aromatic rings. The number of rotatable bonds is 4. The quantitative estimate of drug-likeness (QED) is 0.720. The predicted octanol–water partition coefficient (Wildman–Crippen LogP) is 3.76. The number of pyridine rings is 1. The van der Waals surface area contributed by atoms with E-state index in [0.29, 0.717) is 23.7 Å². The number of amides is 1. The molecule has 0 bridgehead atoms. The highest BCUT2D eigenvalue weighted by Gasteiger charge is 2.27. The standard InChI is InChI=1S/C22H23N3O2/c1-3-25-20-11-10-15(12-18(20)17(13-21(25)26)14-8-9-14)24(2)22(27)16-6-4-5-7-19(16)23/h4-7,10-14H,3,8-9,23H2,1-2H3. The molecule has 1 heterocycles. The van der Waals surface area contributed by atoms with Gasteiger partial charge in [-0.15, -0.1) is 0 Å². The van der Waals surface area contributed by atoms with Gasteiger partial charge in [0, 0.05) is 36.4 Å². The number of fused-ring (bicyclic) bond motifs is 1. The summed E-state index contributed by atoms with van der Waals surface area (Å²) in [7, 11) is 1.75. The molecule has 5 nitrogen and oxygen atoms in total. The number of nitrogens with zero attached hydrogens (tertiary/aromatic N) is 2. The second kappa shape index (κ2) is 6.58. The molecule has 1 amide bonds. The number of anilines is 2. The van der Waals surface area contributed by atoms with Crippen LogP contribution in [0.5, 0.6) is 0 Å². The van der Waals surface area contributed by atoms with Crippen LogP contribution in [0.2, 0.25) is 0 Å². The van der Waals surface area contributed by atoms with Crippen molar-refractivity contribution in [3.05, 3.63) is 70.0 Å². The SMILES string of the molecule is CCn1c(=O)cc(C2CC2)c2cc(N(C)C(=O)c3ccccc3N)ccc21. The molecular formula is C22H23N3O2. The van der Waals surface area contributed by atoms with Crippen LogP contribution in [0.15, 0.2) is 53.3 Å². The van der Waals surface area contributed by atoms with Crippen molar-refractivity contribution in [2.24, 2.45) is 0 Å². The van der Waals surface area contributed by atoms with Crippen LogP contribution >= 0.6 is 0 Å². The van der Waals surface area contributed by atoms with Gasteiger partial charge in [-0.2, -0.15) is 0 Å². The highest BCUT2D eigenvalue weighted by molar-refractivity contribution is 6.09. The molecule has 138 valence electrons. The van der Waals surface area contributed by atoms with E-state index in [0.717, 1.165) is 35.0 Å². The summed E-state index contributed by atoms with van der Waals surface area (Å²) in [6, 6.07) is 14.7. The van der Waals surface area contributed by atoms with E-state index >= 15 is 0 Å². The number of nitrogen functional groups attached to an aromatic ring is 1. The minimum Gasteiger partial charge on any atom is -0.398 e. The minimum atomic E-state index is -0.149. The molecular weight excluding hydrogens is 338 g/mol. The van der Waals surface area contributed by atoms with Crippen molar-refractivity contribution in [2.45, 2.75) is 32.2 Å². The van der Waals surface area contributed by atoms with E-state index in [1.807, 2.05) is 37.3 Å². The summed E-state index contributed by atoms with van der Waals surface area (Å²) in [6.45, 7) is 2.59. The highest BCUT2D eigenvalue weighted by atomic mass is 16.2. The Morgan fingerprint density at radius 1 is 1.19 bits per heavy atom. The lowest BCUT2D eigenvalue weighted by Gasteiger charge is -2.20. The average molecular weight is 361 g/mol. The van der Waals surface area contributed by atoms with Crippen molar-refractivity contribution >= 4 is 28.2 Å². The van der Waals surface area contributed by atoms with E-state index in [1.165, 1.54) is 0 Å². The van der Waals surface area contributed by atoms with Crippen molar-refractivity contribution in [2.75, 3.05) is 17.7 Å². The average Bonchev–Trinajstić information content (AvgIpc) is 3.51. The number of carbonyl (C=O) groups is 1. The highest BCUT2D eigenvalue weighted by Crippen LogP contribution is 2.43. The van der Waals surface area contributed by atoms with Crippen molar-refractivity contribution in [1.29, 1.82) is 0 Å². The molecule has 4 rings (SSSR count). The van der Waals surface area contributed by atoms with Crippen LogP contribution in [0.25, 0.3) is 10.9 Å². The summed E-state index contributed by atoms with van der Waals surface area (Å²) in [5.41, 5.74) is 9.78. The van der Waals surface area contributed by atoms with Crippen LogP contribution in [0.3, 0.4) is 0 Å². The number of aryl methyl sites for hydroxylation is 1. The molecule has 27 heavy (non-hydrogen) atoms. The van der Waals surface area contributed by atoms with Gasteiger partial charge >= 0.3 is 0 Å². The van der Waals surface area contributed by atoms with E-state index < -0.39 is 0 Å². The van der Waals surface area contributed by atoms with Crippen molar-refractivity contribution < 1.29 is 4.79 Å². The summed E-state index contributed by atoms with van der Waals surface area (Å²) in [5.74, 6) is 0.303. The topological polar surface area (TPSA) is 68.3 Å². The second-order valence-corrected chi connectivity index (χ2v) is 7.11. The fraction of sp³-hybridized carbons (Fsp3) is 0.273. The Morgan fingerprint density at radius 3 is 2.59 bits per heavy atom. The number of hydrogen-bond acceptors (Lipinski definition) is 3. The maximum absolute atomic E-state index is 12.9. The number of benzene rings is 2. The fourth-order valence-corrected chi connectivity index (χ4v) is 3.65.